The molecule has 2 saturated heterocycles. The quantitative estimate of drug-likeness (QED) is 0.292. The van der Waals surface area contributed by atoms with E-state index in [1.165, 1.54) is 6.92 Å². The van der Waals surface area contributed by atoms with Gasteiger partial charge in [-0.15, -0.1) is 0 Å². The molecule has 3 heterocycles. The molecule has 6 heteroatoms. The summed E-state index contributed by atoms with van der Waals surface area (Å²) in [6.45, 7) is 11.3. The van der Waals surface area contributed by atoms with E-state index in [0.717, 1.165) is 24.0 Å². The second-order valence-corrected chi connectivity index (χ2v) is 8.35. The predicted octanol–water partition coefficient (Wildman–Crippen LogP) is 3.96. The Balaban J connectivity index is 1.91. The molecule has 0 amide bonds. The Hall–Kier alpha value is -1.92. The Kier molecular flexibility index (Phi) is 6.10. The van der Waals surface area contributed by atoms with Crippen molar-refractivity contribution >= 4 is 11.9 Å². The van der Waals surface area contributed by atoms with Crippen LogP contribution >= 0.6 is 0 Å². The number of ether oxygens (including phenoxy) is 2. The highest BCUT2D eigenvalue weighted by Crippen LogP contribution is 2.38. The zero-order valence-corrected chi connectivity index (χ0v) is 17.2. The molecule has 6 nitrogen and oxygen atoms in total. The van der Waals surface area contributed by atoms with E-state index < -0.39 is 11.7 Å². The van der Waals surface area contributed by atoms with Gasteiger partial charge in [0.1, 0.15) is 23.9 Å². The first kappa shape index (κ1) is 20.8. The first-order valence-corrected chi connectivity index (χ1v) is 9.95. The lowest BCUT2D eigenvalue weighted by atomic mass is 9.85. The predicted molar refractivity (Wildman–Crippen MR) is 103 cm³/mol. The Morgan fingerprint density at radius 3 is 2.71 bits per heavy atom. The van der Waals surface area contributed by atoms with Crippen molar-refractivity contribution in [2.75, 3.05) is 0 Å². The average molecular weight is 390 g/mol. The highest BCUT2D eigenvalue weighted by atomic mass is 17.2. The molecule has 3 aliphatic heterocycles. The lowest BCUT2D eigenvalue weighted by molar-refractivity contribution is -0.412. The van der Waals surface area contributed by atoms with E-state index in [0.29, 0.717) is 24.8 Å². The summed E-state index contributed by atoms with van der Waals surface area (Å²) in [4.78, 5) is 35.2. The highest BCUT2D eigenvalue weighted by Gasteiger charge is 2.44. The summed E-state index contributed by atoms with van der Waals surface area (Å²) in [6.07, 6.45) is 6.66. The van der Waals surface area contributed by atoms with Crippen molar-refractivity contribution in [1.82, 2.24) is 0 Å². The molecule has 0 spiro atoms. The third-order valence-corrected chi connectivity index (χ3v) is 6.05. The Morgan fingerprint density at radius 1 is 1.32 bits per heavy atom. The molecule has 2 fully saturated rings. The van der Waals surface area contributed by atoms with Crippen LogP contribution in [0.2, 0.25) is 0 Å². The topological polar surface area (TPSA) is 71.1 Å². The van der Waals surface area contributed by atoms with Gasteiger partial charge in [0, 0.05) is 18.4 Å². The van der Waals surface area contributed by atoms with Crippen molar-refractivity contribution in [2.45, 2.75) is 83.7 Å². The summed E-state index contributed by atoms with van der Waals surface area (Å²) in [5.41, 5.74) is 1.94. The number of hydrogen-bond donors (Lipinski definition) is 0. The van der Waals surface area contributed by atoms with E-state index in [2.05, 4.69) is 12.7 Å². The van der Waals surface area contributed by atoms with Gasteiger partial charge >= 0.3 is 11.9 Å². The minimum Gasteiger partial charge on any atom is -0.459 e. The number of allylic oxidation sites excluding steroid dienone is 2. The first-order valence-electron chi connectivity index (χ1n) is 9.95. The summed E-state index contributed by atoms with van der Waals surface area (Å²) >= 11 is 0. The molecule has 28 heavy (non-hydrogen) atoms. The Labute approximate surface area is 166 Å². The van der Waals surface area contributed by atoms with Crippen LogP contribution in [0.1, 0.15) is 59.8 Å². The normalized spacial score (nSPS) is 40.4. The molecule has 0 aromatic rings. The second-order valence-electron chi connectivity index (χ2n) is 8.35. The van der Waals surface area contributed by atoms with Crippen LogP contribution in [0.3, 0.4) is 0 Å². The van der Waals surface area contributed by atoms with Gasteiger partial charge in [-0.3, -0.25) is 4.79 Å². The fourth-order valence-corrected chi connectivity index (χ4v) is 4.11. The minimum atomic E-state index is -0.691. The van der Waals surface area contributed by atoms with E-state index in [1.807, 2.05) is 26.8 Å². The van der Waals surface area contributed by atoms with Crippen molar-refractivity contribution in [3.05, 3.63) is 35.5 Å². The third kappa shape index (κ3) is 4.39. The zero-order valence-electron chi connectivity index (χ0n) is 17.2. The molecular formula is C22H30O6. The van der Waals surface area contributed by atoms with E-state index in [9.17, 15) is 9.59 Å². The van der Waals surface area contributed by atoms with Crippen molar-refractivity contribution in [3.8, 4) is 0 Å². The summed E-state index contributed by atoms with van der Waals surface area (Å²) in [7, 11) is 0. The van der Waals surface area contributed by atoms with E-state index in [-0.39, 0.29) is 30.1 Å². The molecule has 154 valence electrons. The van der Waals surface area contributed by atoms with Gasteiger partial charge in [0.2, 0.25) is 0 Å². The number of hydrogen-bond acceptors (Lipinski definition) is 6. The van der Waals surface area contributed by atoms with Crippen molar-refractivity contribution in [1.29, 1.82) is 0 Å². The standard InChI is InChI=1S/C22H30O6/c1-13-6-9-20(25-16(4)23)22(5)11-10-18(27-28-22)14(2)7-8-17-15(3)21(24)26-19(17)12-13/h7,12,17-20H,3,6,8-11H2,1-2,4-5H3/b13-12+,14-7-/t17-,18-,19+,20-,22+/m0/s1. The summed E-state index contributed by atoms with van der Waals surface area (Å²) in [6, 6.07) is 0. The Morgan fingerprint density at radius 2 is 2.07 bits per heavy atom. The summed E-state index contributed by atoms with van der Waals surface area (Å²) < 4.78 is 11.1. The van der Waals surface area contributed by atoms with E-state index in [1.54, 1.807) is 0 Å². The van der Waals surface area contributed by atoms with Crippen molar-refractivity contribution in [3.63, 3.8) is 0 Å². The molecule has 0 radical (unpaired) electrons. The molecular weight excluding hydrogens is 360 g/mol. The van der Waals surface area contributed by atoms with Crippen LogP contribution in [0.5, 0.6) is 0 Å². The van der Waals surface area contributed by atoms with Gasteiger partial charge in [-0.05, 0) is 64.5 Å². The van der Waals surface area contributed by atoms with Gasteiger partial charge in [-0.2, -0.15) is 0 Å². The molecule has 0 aromatic heterocycles. The molecule has 0 saturated carbocycles. The number of rotatable bonds is 1. The third-order valence-electron chi connectivity index (χ3n) is 6.05. The van der Waals surface area contributed by atoms with Crippen LogP contribution in [-0.4, -0.2) is 35.9 Å². The molecule has 1 aliphatic carbocycles. The molecule has 4 rings (SSSR count). The summed E-state index contributed by atoms with van der Waals surface area (Å²) in [5, 5.41) is 0. The Bertz CT molecular complexity index is 711. The maximum Gasteiger partial charge on any atom is 0.334 e. The SMILES string of the molecule is C=C1C(=O)O[C@@H]2/C=C(\C)CC[C@H](OC(C)=O)[C@@]3(C)CC[C@H](OO3)/C(C)=C\C[C@@H]12. The van der Waals surface area contributed by atoms with Gasteiger partial charge in [-0.25, -0.2) is 14.6 Å². The minimum absolute atomic E-state index is 0.0839. The zero-order chi connectivity index (χ0) is 20.5. The van der Waals surface area contributed by atoms with Crippen LogP contribution in [0.4, 0.5) is 0 Å². The van der Waals surface area contributed by atoms with Crippen LogP contribution in [-0.2, 0) is 28.8 Å². The van der Waals surface area contributed by atoms with Crippen LogP contribution in [0, 0.1) is 5.92 Å². The van der Waals surface area contributed by atoms with Gasteiger partial charge in [0.25, 0.3) is 0 Å². The molecule has 2 bridgehead atoms. The van der Waals surface area contributed by atoms with Gasteiger partial charge < -0.3 is 9.47 Å². The monoisotopic (exact) mass is 390 g/mol. The van der Waals surface area contributed by atoms with E-state index >= 15 is 0 Å². The maximum absolute atomic E-state index is 12.0. The molecule has 0 N–H and O–H groups in total. The average Bonchev–Trinajstić information content (AvgIpc) is 2.89. The first-order chi connectivity index (χ1) is 13.2. The number of esters is 2. The lowest BCUT2D eigenvalue weighted by Gasteiger charge is -2.41. The number of carbonyl (C=O) groups is 2. The second kappa shape index (κ2) is 8.21. The largest absolute Gasteiger partial charge is 0.459 e. The molecule has 0 unspecified atom stereocenters. The van der Waals surface area contributed by atoms with Crippen LogP contribution < -0.4 is 0 Å². The van der Waals surface area contributed by atoms with Crippen molar-refractivity contribution < 1.29 is 28.8 Å². The van der Waals surface area contributed by atoms with Gasteiger partial charge in [0.15, 0.2) is 0 Å². The fraction of sp³-hybridized carbons (Fsp3) is 0.636. The fourth-order valence-electron chi connectivity index (χ4n) is 4.11. The van der Waals surface area contributed by atoms with Gasteiger partial charge in [-0.1, -0.05) is 18.2 Å². The smallest absolute Gasteiger partial charge is 0.334 e. The van der Waals surface area contributed by atoms with E-state index in [4.69, 9.17) is 19.2 Å². The van der Waals surface area contributed by atoms with Crippen molar-refractivity contribution in [2.24, 2.45) is 5.92 Å². The van der Waals surface area contributed by atoms with Crippen LogP contribution in [0.15, 0.2) is 35.5 Å². The summed E-state index contributed by atoms with van der Waals surface area (Å²) in [5.74, 6) is -0.753. The molecule has 5 atom stereocenters. The number of carbonyl (C=O) groups excluding carboxylic acids is 2. The lowest BCUT2D eigenvalue weighted by Crippen LogP contribution is -2.49. The maximum atomic E-state index is 12.0. The number of fused-ring (bicyclic) bond motifs is 6. The molecule has 4 aliphatic rings. The molecule has 0 aromatic carbocycles. The highest BCUT2D eigenvalue weighted by molar-refractivity contribution is 5.91. The van der Waals surface area contributed by atoms with Crippen LogP contribution in [0.25, 0.3) is 0 Å². The van der Waals surface area contributed by atoms with Gasteiger partial charge in [0.05, 0.1) is 0 Å².